The summed E-state index contributed by atoms with van der Waals surface area (Å²) >= 11 is 0. The summed E-state index contributed by atoms with van der Waals surface area (Å²) in [5, 5.41) is 21.3. The summed E-state index contributed by atoms with van der Waals surface area (Å²) < 4.78 is 11.3. The molecular formula is C14H20O4. The number of aliphatic hydroxyl groups is 2. The van der Waals surface area contributed by atoms with Crippen LogP contribution in [0, 0.1) is 0 Å². The lowest BCUT2D eigenvalue weighted by molar-refractivity contribution is -0.299. The third kappa shape index (κ3) is 1.59. The van der Waals surface area contributed by atoms with Crippen LogP contribution in [0.3, 0.4) is 0 Å². The van der Waals surface area contributed by atoms with E-state index in [2.05, 4.69) is 13.2 Å². The Morgan fingerprint density at radius 1 is 0.722 bits per heavy atom. The van der Waals surface area contributed by atoms with Gasteiger partial charge in [0.25, 0.3) is 0 Å². The van der Waals surface area contributed by atoms with Crippen LogP contribution in [0.1, 0.15) is 38.5 Å². The minimum Gasteiger partial charge on any atom is -0.495 e. The molecule has 4 rings (SSSR count). The molecule has 4 aliphatic rings. The second-order valence-electron chi connectivity index (χ2n) is 6.44. The zero-order chi connectivity index (χ0) is 13.1. The zero-order valence-corrected chi connectivity index (χ0v) is 10.5. The summed E-state index contributed by atoms with van der Waals surface area (Å²) in [5.41, 5.74) is -2.92. The van der Waals surface area contributed by atoms with Gasteiger partial charge in [-0.15, -0.1) is 0 Å². The number of ether oxygens (including phenoxy) is 2. The molecule has 0 aliphatic heterocycles. The molecule has 0 spiro atoms. The van der Waals surface area contributed by atoms with E-state index >= 15 is 0 Å². The fourth-order valence-electron chi connectivity index (χ4n) is 4.95. The van der Waals surface area contributed by atoms with Crippen molar-refractivity contribution in [2.24, 2.45) is 0 Å². The van der Waals surface area contributed by atoms with Gasteiger partial charge in [0.05, 0.1) is 23.7 Å². The summed E-state index contributed by atoms with van der Waals surface area (Å²) in [6.45, 7) is 7.21. The minimum absolute atomic E-state index is 0.407. The van der Waals surface area contributed by atoms with Crippen LogP contribution in [0.4, 0.5) is 0 Å². The monoisotopic (exact) mass is 252 g/mol. The molecule has 100 valence electrons. The Bertz CT molecular complexity index is 353. The van der Waals surface area contributed by atoms with Crippen LogP contribution < -0.4 is 0 Å². The maximum atomic E-state index is 10.7. The highest BCUT2D eigenvalue weighted by atomic mass is 16.5. The van der Waals surface area contributed by atoms with Crippen LogP contribution in [0.2, 0.25) is 0 Å². The number of hydrogen-bond donors (Lipinski definition) is 2. The second kappa shape index (κ2) is 3.31. The van der Waals surface area contributed by atoms with E-state index in [4.69, 9.17) is 9.47 Å². The predicted molar refractivity (Wildman–Crippen MR) is 65.6 cm³/mol. The topological polar surface area (TPSA) is 58.9 Å². The van der Waals surface area contributed by atoms with Crippen molar-refractivity contribution in [2.75, 3.05) is 0 Å². The summed E-state index contributed by atoms with van der Waals surface area (Å²) in [4.78, 5) is 0. The van der Waals surface area contributed by atoms with Crippen LogP contribution in [-0.4, -0.2) is 32.6 Å². The molecule has 0 aromatic rings. The van der Waals surface area contributed by atoms with Crippen molar-refractivity contribution in [1.82, 2.24) is 0 Å². The Kier molecular flexibility index (Phi) is 2.21. The minimum atomic E-state index is -0.907. The van der Waals surface area contributed by atoms with Crippen molar-refractivity contribution in [3.63, 3.8) is 0 Å². The zero-order valence-electron chi connectivity index (χ0n) is 10.5. The van der Waals surface area contributed by atoms with Gasteiger partial charge in [-0.3, -0.25) is 0 Å². The van der Waals surface area contributed by atoms with Crippen molar-refractivity contribution >= 4 is 0 Å². The molecule has 4 heteroatoms. The van der Waals surface area contributed by atoms with Crippen molar-refractivity contribution < 1.29 is 19.7 Å². The van der Waals surface area contributed by atoms with Gasteiger partial charge >= 0.3 is 0 Å². The van der Waals surface area contributed by atoms with Crippen molar-refractivity contribution in [2.45, 2.75) is 60.9 Å². The lowest BCUT2D eigenvalue weighted by Gasteiger charge is -2.65. The second-order valence-corrected chi connectivity index (χ2v) is 6.44. The summed E-state index contributed by atoms with van der Waals surface area (Å²) in [6, 6.07) is 0. The molecular weight excluding hydrogens is 232 g/mol. The molecule has 0 aromatic carbocycles. The smallest absolute Gasteiger partial charge is 0.117 e. The normalized spacial score (nSPS) is 53.0. The Morgan fingerprint density at radius 3 is 1.44 bits per heavy atom. The molecule has 4 fully saturated rings. The molecule has 0 amide bonds. The lowest BCUT2D eigenvalue weighted by Crippen LogP contribution is -2.72. The van der Waals surface area contributed by atoms with Crippen LogP contribution in [0.15, 0.2) is 25.7 Å². The van der Waals surface area contributed by atoms with E-state index in [0.717, 1.165) is 0 Å². The van der Waals surface area contributed by atoms with E-state index in [1.165, 1.54) is 12.5 Å². The van der Waals surface area contributed by atoms with Gasteiger partial charge < -0.3 is 19.7 Å². The van der Waals surface area contributed by atoms with Crippen molar-refractivity contribution in [3.8, 4) is 0 Å². The van der Waals surface area contributed by atoms with E-state index in [9.17, 15) is 10.2 Å². The maximum Gasteiger partial charge on any atom is 0.117 e. The van der Waals surface area contributed by atoms with Crippen LogP contribution >= 0.6 is 0 Å². The molecule has 0 aromatic heterocycles. The summed E-state index contributed by atoms with van der Waals surface area (Å²) in [5.74, 6) is 0. The summed E-state index contributed by atoms with van der Waals surface area (Å²) in [6.07, 6.45) is 6.04. The molecule has 0 atom stereocenters. The fraction of sp³-hybridized carbons (Fsp3) is 0.714. The van der Waals surface area contributed by atoms with Gasteiger partial charge in [0.2, 0.25) is 0 Å². The molecule has 0 radical (unpaired) electrons. The first-order chi connectivity index (χ1) is 8.36. The third-order valence-electron chi connectivity index (χ3n) is 4.57. The Labute approximate surface area is 107 Å². The molecule has 0 unspecified atom stereocenters. The van der Waals surface area contributed by atoms with Gasteiger partial charge in [-0.25, -0.2) is 0 Å². The molecule has 0 saturated heterocycles. The molecule has 2 N–H and O–H groups in total. The standard InChI is InChI=1S/C14H20O4/c1-3-17-13-6-11(15)5-12(16,7-13)9-14(8-11,10-13)18-4-2/h3-4,15-16H,1-2,5-10H2. The third-order valence-corrected chi connectivity index (χ3v) is 4.57. The average molecular weight is 252 g/mol. The molecule has 4 nitrogen and oxygen atoms in total. The van der Waals surface area contributed by atoms with Gasteiger partial charge in [-0.05, 0) is 0 Å². The lowest BCUT2D eigenvalue weighted by atomic mass is 9.48. The quantitative estimate of drug-likeness (QED) is 0.747. The molecule has 18 heavy (non-hydrogen) atoms. The first-order valence-electron chi connectivity index (χ1n) is 6.39. The van der Waals surface area contributed by atoms with Gasteiger partial charge in [0.1, 0.15) is 11.2 Å². The van der Waals surface area contributed by atoms with Crippen molar-refractivity contribution in [3.05, 3.63) is 25.7 Å². The predicted octanol–water partition coefficient (Wildman–Crippen LogP) is 1.63. The molecule has 0 heterocycles. The van der Waals surface area contributed by atoms with Gasteiger partial charge in [0, 0.05) is 38.5 Å². The highest BCUT2D eigenvalue weighted by molar-refractivity contribution is 5.22. The van der Waals surface area contributed by atoms with Crippen LogP contribution in [0.5, 0.6) is 0 Å². The highest BCUT2D eigenvalue weighted by Gasteiger charge is 2.70. The fourth-order valence-corrected chi connectivity index (χ4v) is 4.95. The van der Waals surface area contributed by atoms with E-state index in [1.54, 1.807) is 0 Å². The van der Waals surface area contributed by atoms with Crippen molar-refractivity contribution in [1.29, 1.82) is 0 Å². The molecule has 4 bridgehead atoms. The first kappa shape index (κ1) is 12.1. The van der Waals surface area contributed by atoms with Gasteiger partial charge in [-0.2, -0.15) is 0 Å². The van der Waals surface area contributed by atoms with Crippen LogP contribution in [0.25, 0.3) is 0 Å². The Balaban J connectivity index is 2.02. The van der Waals surface area contributed by atoms with E-state index in [0.29, 0.717) is 38.5 Å². The Morgan fingerprint density at radius 2 is 1.11 bits per heavy atom. The summed E-state index contributed by atoms with van der Waals surface area (Å²) in [7, 11) is 0. The number of hydrogen-bond acceptors (Lipinski definition) is 4. The Hall–Kier alpha value is -1.00. The first-order valence-corrected chi connectivity index (χ1v) is 6.39. The SMILES string of the molecule is C=COC12CC3(O)CC(O)(C1)CC(OC=C)(C3)C2. The van der Waals surface area contributed by atoms with E-state index < -0.39 is 22.4 Å². The average Bonchev–Trinajstić information content (AvgIpc) is 2.09. The van der Waals surface area contributed by atoms with E-state index in [1.807, 2.05) is 0 Å². The van der Waals surface area contributed by atoms with Gasteiger partial charge in [-0.1, -0.05) is 13.2 Å². The molecule has 4 aliphatic carbocycles. The largest absolute Gasteiger partial charge is 0.495 e. The maximum absolute atomic E-state index is 10.7. The van der Waals surface area contributed by atoms with Crippen LogP contribution in [-0.2, 0) is 9.47 Å². The molecule has 4 saturated carbocycles. The van der Waals surface area contributed by atoms with E-state index in [-0.39, 0.29) is 0 Å². The number of rotatable bonds is 4. The van der Waals surface area contributed by atoms with Gasteiger partial charge in [0.15, 0.2) is 0 Å². The highest BCUT2D eigenvalue weighted by Crippen LogP contribution is 2.63.